The van der Waals surface area contributed by atoms with Crippen LogP contribution in [0, 0.1) is 0 Å². The van der Waals surface area contributed by atoms with Crippen molar-refractivity contribution in [3.05, 3.63) is 0 Å². The zero-order valence-electron chi connectivity index (χ0n) is 6.10. The van der Waals surface area contributed by atoms with Crippen molar-refractivity contribution in [1.29, 1.82) is 0 Å². The Morgan fingerprint density at radius 3 is 2.09 bits per heavy atom. The van der Waals surface area contributed by atoms with Gasteiger partial charge >= 0.3 is 0 Å². The Kier molecular flexibility index (Phi) is 2.51. The van der Waals surface area contributed by atoms with Gasteiger partial charge in [0.15, 0.2) is 0 Å². The van der Waals surface area contributed by atoms with E-state index >= 15 is 0 Å². The van der Waals surface area contributed by atoms with Crippen LogP contribution in [0.4, 0.5) is 0 Å². The first-order chi connectivity index (χ1) is 5.02. The molecule has 0 saturated heterocycles. The van der Waals surface area contributed by atoms with Crippen LogP contribution in [0.1, 0.15) is 25.7 Å². The van der Waals surface area contributed by atoms with Gasteiger partial charge in [0.1, 0.15) is 5.25 Å². The fourth-order valence-electron chi connectivity index (χ4n) is 1.42. The summed E-state index contributed by atoms with van der Waals surface area (Å²) in [5.41, 5.74) is 0. The molecule has 1 rings (SSSR count). The van der Waals surface area contributed by atoms with Gasteiger partial charge in [-0.25, -0.2) is 0 Å². The molecule has 66 valence electrons. The topological polar surface area (TPSA) is 74.6 Å². The van der Waals surface area contributed by atoms with Crippen molar-refractivity contribution in [2.45, 2.75) is 37.0 Å². The van der Waals surface area contributed by atoms with E-state index in [9.17, 15) is 8.42 Å². The number of rotatable bonds is 1. The lowest BCUT2D eigenvalue weighted by molar-refractivity contribution is 0.130. The largest absolute Gasteiger partial charge is 0.392 e. The van der Waals surface area contributed by atoms with Crippen LogP contribution in [-0.4, -0.2) is 29.4 Å². The standard InChI is InChI=1S/C6H12O4S/c7-5-3-1-2-4-6(5)11(8,9)10/h5-7H,1-4H2,(H,8,9,10). The summed E-state index contributed by atoms with van der Waals surface area (Å²) in [6.45, 7) is 0. The van der Waals surface area contributed by atoms with Crippen LogP contribution in [0.2, 0.25) is 0 Å². The molecule has 0 radical (unpaired) electrons. The van der Waals surface area contributed by atoms with Crippen molar-refractivity contribution < 1.29 is 18.1 Å². The number of aliphatic hydroxyl groups excluding tert-OH is 1. The van der Waals surface area contributed by atoms with Crippen molar-refractivity contribution in [2.75, 3.05) is 0 Å². The van der Waals surface area contributed by atoms with Gasteiger partial charge in [-0.1, -0.05) is 12.8 Å². The molecule has 0 aromatic carbocycles. The predicted octanol–water partition coefficient (Wildman–Crippen LogP) is 0.178. The van der Waals surface area contributed by atoms with E-state index in [1.54, 1.807) is 0 Å². The summed E-state index contributed by atoms with van der Waals surface area (Å²) >= 11 is 0. The molecule has 0 amide bonds. The van der Waals surface area contributed by atoms with E-state index in [0.717, 1.165) is 12.8 Å². The normalized spacial score (nSPS) is 33.6. The van der Waals surface area contributed by atoms with Gasteiger partial charge in [0.05, 0.1) is 6.10 Å². The Morgan fingerprint density at radius 2 is 1.73 bits per heavy atom. The van der Waals surface area contributed by atoms with Crippen LogP contribution in [0.15, 0.2) is 0 Å². The molecule has 4 nitrogen and oxygen atoms in total. The van der Waals surface area contributed by atoms with Crippen LogP contribution in [-0.2, 0) is 10.1 Å². The first-order valence-corrected chi connectivity index (χ1v) is 5.16. The summed E-state index contributed by atoms with van der Waals surface area (Å²) in [4.78, 5) is 0. The lowest BCUT2D eigenvalue weighted by Crippen LogP contribution is -2.36. The summed E-state index contributed by atoms with van der Waals surface area (Å²) in [6.07, 6.45) is 1.58. The van der Waals surface area contributed by atoms with Gasteiger partial charge in [-0.15, -0.1) is 0 Å². The fraction of sp³-hybridized carbons (Fsp3) is 1.00. The molecule has 2 N–H and O–H groups in total. The highest BCUT2D eigenvalue weighted by atomic mass is 32.2. The van der Waals surface area contributed by atoms with Crippen LogP contribution in [0.5, 0.6) is 0 Å². The van der Waals surface area contributed by atoms with E-state index in [2.05, 4.69) is 0 Å². The minimum atomic E-state index is -4.03. The molecule has 0 bridgehead atoms. The molecule has 2 atom stereocenters. The van der Waals surface area contributed by atoms with Crippen molar-refractivity contribution in [1.82, 2.24) is 0 Å². The Balaban J connectivity index is 2.70. The maximum absolute atomic E-state index is 10.6. The number of hydrogen-bond acceptors (Lipinski definition) is 3. The van der Waals surface area contributed by atoms with Crippen LogP contribution in [0.3, 0.4) is 0 Å². The summed E-state index contributed by atoms with van der Waals surface area (Å²) in [5.74, 6) is 0. The molecule has 0 heterocycles. The highest BCUT2D eigenvalue weighted by Gasteiger charge is 2.32. The summed E-state index contributed by atoms with van der Waals surface area (Å²) in [7, 11) is -4.03. The molecule has 5 heteroatoms. The predicted molar refractivity (Wildman–Crippen MR) is 39.8 cm³/mol. The third-order valence-corrected chi connectivity index (χ3v) is 3.37. The second kappa shape index (κ2) is 3.08. The van der Waals surface area contributed by atoms with Gasteiger partial charge in [-0.05, 0) is 12.8 Å². The Labute approximate surface area is 66.0 Å². The first-order valence-electron chi connectivity index (χ1n) is 3.66. The lowest BCUT2D eigenvalue weighted by Gasteiger charge is -2.24. The lowest BCUT2D eigenvalue weighted by atomic mass is 9.97. The second-order valence-electron chi connectivity index (χ2n) is 2.91. The SMILES string of the molecule is O=S(=O)(O)C1CCCCC1O. The molecule has 0 aliphatic heterocycles. The summed E-state index contributed by atoms with van der Waals surface area (Å²) < 4.78 is 29.8. The van der Waals surface area contributed by atoms with Gasteiger partial charge < -0.3 is 5.11 Å². The third kappa shape index (κ3) is 2.15. The monoisotopic (exact) mass is 180 g/mol. The molecule has 1 aliphatic rings. The molecular formula is C6H12O4S. The average Bonchev–Trinajstić information content (AvgIpc) is 1.86. The van der Waals surface area contributed by atoms with Crippen molar-refractivity contribution in [3.63, 3.8) is 0 Å². The van der Waals surface area contributed by atoms with Crippen molar-refractivity contribution in [3.8, 4) is 0 Å². The van der Waals surface area contributed by atoms with Gasteiger partial charge in [0.2, 0.25) is 0 Å². The third-order valence-electron chi connectivity index (χ3n) is 2.05. The van der Waals surface area contributed by atoms with Crippen LogP contribution in [0.25, 0.3) is 0 Å². The molecule has 1 saturated carbocycles. The highest BCUT2D eigenvalue weighted by Crippen LogP contribution is 2.23. The highest BCUT2D eigenvalue weighted by molar-refractivity contribution is 7.86. The molecular weight excluding hydrogens is 168 g/mol. The Hall–Kier alpha value is -0.130. The molecule has 1 fully saturated rings. The maximum Gasteiger partial charge on any atom is 0.270 e. The van der Waals surface area contributed by atoms with Gasteiger partial charge in [0.25, 0.3) is 10.1 Å². The molecule has 0 aromatic heterocycles. The Bertz CT molecular complexity index is 221. The van der Waals surface area contributed by atoms with Gasteiger partial charge in [0, 0.05) is 0 Å². The smallest absolute Gasteiger partial charge is 0.270 e. The van der Waals surface area contributed by atoms with E-state index in [-0.39, 0.29) is 0 Å². The van der Waals surface area contributed by atoms with Gasteiger partial charge in [-0.3, -0.25) is 4.55 Å². The summed E-state index contributed by atoms with van der Waals surface area (Å²) in [5, 5.41) is 8.22. The molecule has 2 unspecified atom stereocenters. The first kappa shape index (κ1) is 8.96. The van der Waals surface area contributed by atoms with Crippen molar-refractivity contribution in [2.24, 2.45) is 0 Å². The van der Waals surface area contributed by atoms with Crippen LogP contribution >= 0.6 is 0 Å². The minimum absolute atomic E-state index is 0.375. The minimum Gasteiger partial charge on any atom is -0.392 e. The number of hydrogen-bond donors (Lipinski definition) is 2. The van der Waals surface area contributed by atoms with Crippen LogP contribution < -0.4 is 0 Å². The second-order valence-corrected chi connectivity index (χ2v) is 4.54. The van der Waals surface area contributed by atoms with E-state index in [1.807, 2.05) is 0 Å². The fourth-order valence-corrected chi connectivity index (χ4v) is 2.42. The quantitative estimate of drug-likeness (QED) is 0.564. The van der Waals surface area contributed by atoms with E-state index in [0.29, 0.717) is 12.8 Å². The zero-order valence-corrected chi connectivity index (χ0v) is 6.92. The zero-order chi connectivity index (χ0) is 8.48. The average molecular weight is 180 g/mol. The van der Waals surface area contributed by atoms with E-state index < -0.39 is 21.5 Å². The van der Waals surface area contributed by atoms with Gasteiger partial charge in [-0.2, -0.15) is 8.42 Å². The van der Waals surface area contributed by atoms with E-state index in [4.69, 9.17) is 9.66 Å². The maximum atomic E-state index is 10.6. The molecule has 1 aliphatic carbocycles. The molecule has 0 spiro atoms. The number of aliphatic hydroxyl groups is 1. The molecule has 11 heavy (non-hydrogen) atoms. The van der Waals surface area contributed by atoms with Crippen molar-refractivity contribution >= 4 is 10.1 Å². The Morgan fingerprint density at radius 1 is 1.18 bits per heavy atom. The molecule has 0 aromatic rings. The van der Waals surface area contributed by atoms with E-state index in [1.165, 1.54) is 0 Å². The summed E-state index contributed by atoms with van der Waals surface area (Å²) in [6, 6.07) is 0.